The van der Waals surface area contributed by atoms with Crippen LogP contribution in [0.15, 0.2) is 24.3 Å². The van der Waals surface area contributed by atoms with E-state index < -0.39 is 36.6 Å². The van der Waals surface area contributed by atoms with E-state index in [4.69, 9.17) is 21.7 Å². The highest BCUT2D eigenvalue weighted by Gasteiger charge is 2.35. The van der Waals surface area contributed by atoms with Crippen LogP contribution in [-0.2, 0) is 20.8 Å². The highest BCUT2D eigenvalue weighted by atomic mass is 16.4. The second-order valence-corrected chi connectivity index (χ2v) is 4.50. The van der Waals surface area contributed by atoms with E-state index in [1.54, 1.807) is 0 Å². The molecule has 1 aromatic rings. The quantitative estimate of drug-likeness (QED) is 0.375. The van der Waals surface area contributed by atoms with E-state index in [0.717, 1.165) is 0 Å². The molecule has 0 aliphatic rings. The lowest BCUT2D eigenvalue weighted by Crippen LogP contribution is -2.56. The Kier molecular flexibility index (Phi) is 5.99. The molecule has 1 aromatic carbocycles. The maximum Gasteiger partial charge on any atom is 0.354 e. The highest BCUT2D eigenvalue weighted by molar-refractivity contribution is 6.01. The molecule has 0 spiro atoms. The fourth-order valence-corrected chi connectivity index (χ4v) is 1.74. The van der Waals surface area contributed by atoms with Gasteiger partial charge in [-0.15, -0.1) is 0 Å². The summed E-state index contributed by atoms with van der Waals surface area (Å²) >= 11 is 0. The van der Waals surface area contributed by atoms with Gasteiger partial charge in [-0.05, 0) is 24.1 Å². The molecule has 9 nitrogen and oxygen atoms in total. The Morgan fingerprint density at radius 2 is 1.73 bits per heavy atom. The van der Waals surface area contributed by atoms with Crippen molar-refractivity contribution in [1.29, 1.82) is 0 Å². The van der Waals surface area contributed by atoms with Gasteiger partial charge in [-0.3, -0.25) is 9.59 Å². The van der Waals surface area contributed by atoms with Gasteiger partial charge < -0.3 is 26.8 Å². The van der Waals surface area contributed by atoms with E-state index in [2.05, 4.69) is 0 Å². The molecular weight excluding hydrogens is 294 g/mol. The van der Waals surface area contributed by atoms with Gasteiger partial charge in [0.1, 0.15) is 5.75 Å². The summed E-state index contributed by atoms with van der Waals surface area (Å²) in [6, 6.07) is 4.56. The number of hydrogen-bond donors (Lipinski definition) is 5. The number of aliphatic hydroxyl groups excluding tert-OH is 1. The van der Waals surface area contributed by atoms with Crippen molar-refractivity contribution in [2.45, 2.75) is 18.7 Å². The second kappa shape index (κ2) is 7.50. The van der Waals surface area contributed by atoms with Gasteiger partial charge in [0, 0.05) is 0 Å². The van der Waals surface area contributed by atoms with E-state index in [9.17, 15) is 19.5 Å². The molecule has 2 amide bonds. The number of aliphatic carboxylic acids is 1. The lowest BCUT2D eigenvalue weighted by Gasteiger charge is -2.25. The molecule has 0 saturated carbocycles. The normalized spacial score (nSPS) is 13.2. The second-order valence-electron chi connectivity index (χ2n) is 4.50. The van der Waals surface area contributed by atoms with Crippen molar-refractivity contribution in [3.8, 4) is 5.75 Å². The first kappa shape index (κ1) is 17.6. The molecular formula is C13H17N3O6. The van der Waals surface area contributed by atoms with Crippen LogP contribution in [0.3, 0.4) is 0 Å². The fourth-order valence-electron chi connectivity index (χ4n) is 1.74. The number of carbonyl (C=O) groups is 3. The van der Waals surface area contributed by atoms with Crippen molar-refractivity contribution in [2.24, 2.45) is 11.5 Å². The van der Waals surface area contributed by atoms with E-state index in [1.807, 2.05) is 0 Å². The lowest BCUT2D eigenvalue weighted by atomic mass is 10.1. The van der Waals surface area contributed by atoms with Crippen molar-refractivity contribution in [3.63, 3.8) is 0 Å². The van der Waals surface area contributed by atoms with E-state index in [-0.39, 0.29) is 17.1 Å². The van der Waals surface area contributed by atoms with Crippen LogP contribution in [0.25, 0.3) is 0 Å². The molecule has 2 unspecified atom stereocenters. The maximum atomic E-state index is 12.1. The minimum atomic E-state index is -2.35. The molecule has 7 N–H and O–H groups in total. The van der Waals surface area contributed by atoms with Crippen molar-refractivity contribution in [1.82, 2.24) is 4.90 Å². The third kappa shape index (κ3) is 4.25. The summed E-state index contributed by atoms with van der Waals surface area (Å²) in [5.41, 5.74) is 11.4. The molecule has 0 heterocycles. The van der Waals surface area contributed by atoms with Gasteiger partial charge in [0.05, 0.1) is 12.6 Å². The number of nitrogens with zero attached hydrogens (tertiary/aromatic N) is 1. The smallest absolute Gasteiger partial charge is 0.354 e. The maximum absolute atomic E-state index is 12.1. The summed E-state index contributed by atoms with van der Waals surface area (Å²) < 4.78 is 0. The average Bonchev–Trinajstić information content (AvgIpc) is 2.49. The Morgan fingerprint density at radius 1 is 1.18 bits per heavy atom. The molecule has 0 bridgehead atoms. The molecule has 0 aromatic heterocycles. The molecule has 2 atom stereocenters. The van der Waals surface area contributed by atoms with Crippen LogP contribution < -0.4 is 11.5 Å². The summed E-state index contributed by atoms with van der Waals surface area (Å²) in [5, 5.41) is 27.4. The van der Waals surface area contributed by atoms with Gasteiger partial charge in [-0.1, -0.05) is 12.1 Å². The summed E-state index contributed by atoms with van der Waals surface area (Å²) in [4.78, 5) is 34.6. The number of carboxylic acids is 1. The number of phenols is 1. The number of aliphatic hydroxyl groups is 1. The number of hydrogen-bond acceptors (Lipinski definition) is 7. The van der Waals surface area contributed by atoms with Crippen LogP contribution >= 0.6 is 0 Å². The number of benzene rings is 1. The molecule has 0 aliphatic carbocycles. The number of nitrogens with two attached hydrogens (primary N) is 2. The molecule has 0 radical (unpaired) electrons. The van der Waals surface area contributed by atoms with E-state index in [0.29, 0.717) is 5.56 Å². The van der Waals surface area contributed by atoms with Crippen LogP contribution in [0.2, 0.25) is 0 Å². The highest BCUT2D eigenvalue weighted by Crippen LogP contribution is 2.12. The van der Waals surface area contributed by atoms with Crippen molar-refractivity contribution < 1.29 is 29.7 Å². The summed E-state index contributed by atoms with van der Waals surface area (Å²) in [6.45, 7) is -0.651. The Labute approximate surface area is 125 Å². The van der Waals surface area contributed by atoms with Crippen molar-refractivity contribution in [3.05, 3.63) is 29.8 Å². The number of phenolic OH excluding ortho intramolecular Hbond substituents is 1. The van der Waals surface area contributed by atoms with Crippen LogP contribution in [0, 0.1) is 0 Å². The predicted octanol–water partition coefficient (Wildman–Crippen LogP) is -2.02. The van der Waals surface area contributed by atoms with E-state index in [1.165, 1.54) is 24.3 Å². The first-order valence-corrected chi connectivity index (χ1v) is 6.28. The lowest BCUT2D eigenvalue weighted by molar-refractivity contribution is -0.171. The number of aromatic hydroxyl groups is 1. The standard InChI is InChI=1S/C13H17N3O6/c14-6-10(18)16(12(20)13(21)22)11(19)9(15)5-7-1-3-8(17)4-2-7/h1-4,9,12,17,20H,5-6,14-15H2,(H,21,22). The SMILES string of the molecule is NCC(=O)N(C(=O)C(N)Cc1ccc(O)cc1)C(O)C(=O)O. The molecule has 1 rings (SSSR count). The van der Waals surface area contributed by atoms with Crippen molar-refractivity contribution >= 4 is 17.8 Å². The Balaban J connectivity index is 2.90. The number of rotatable bonds is 6. The molecule has 0 fully saturated rings. The van der Waals surface area contributed by atoms with Crippen LogP contribution in [0.4, 0.5) is 0 Å². The van der Waals surface area contributed by atoms with Crippen LogP contribution in [0.5, 0.6) is 5.75 Å². The Morgan fingerprint density at radius 3 is 2.18 bits per heavy atom. The summed E-state index contributed by atoms with van der Waals surface area (Å²) in [7, 11) is 0. The van der Waals surface area contributed by atoms with Gasteiger partial charge in [0.25, 0.3) is 0 Å². The molecule has 120 valence electrons. The fraction of sp³-hybridized carbons (Fsp3) is 0.308. The zero-order valence-electron chi connectivity index (χ0n) is 11.5. The Bertz CT molecular complexity index is 559. The minimum Gasteiger partial charge on any atom is -0.508 e. The average molecular weight is 311 g/mol. The summed E-state index contributed by atoms with van der Waals surface area (Å²) in [5.74, 6) is -3.85. The predicted molar refractivity (Wildman–Crippen MR) is 74.3 cm³/mol. The molecule has 22 heavy (non-hydrogen) atoms. The van der Waals surface area contributed by atoms with Gasteiger partial charge in [-0.25, -0.2) is 9.69 Å². The first-order valence-electron chi connectivity index (χ1n) is 6.28. The third-order valence-electron chi connectivity index (χ3n) is 2.86. The van der Waals surface area contributed by atoms with Gasteiger partial charge in [0.15, 0.2) is 0 Å². The monoisotopic (exact) mass is 311 g/mol. The number of amides is 2. The van der Waals surface area contributed by atoms with Crippen molar-refractivity contribution in [2.75, 3.05) is 6.54 Å². The topological polar surface area (TPSA) is 167 Å². The minimum absolute atomic E-state index is 0.0141. The summed E-state index contributed by atoms with van der Waals surface area (Å²) in [6.07, 6.45) is -2.37. The largest absolute Gasteiger partial charge is 0.508 e. The van der Waals surface area contributed by atoms with Gasteiger partial charge >= 0.3 is 5.97 Å². The van der Waals surface area contributed by atoms with E-state index >= 15 is 0 Å². The third-order valence-corrected chi connectivity index (χ3v) is 2.86. The van der Waals surface area contributed by atoms with Crippen LogP contribution in [-0.4, -0.2) is 56.8 Å². The van der Waals surface area contributed by atoms with Gasteiger partial charge in [-0.2, -0.15) is 0 Å². The zero-order chi connectivity index (χ0) is 16.9. The Hall–Kier alpha value is -2.49. The number of imide groups is 1. The molecule has 0 saturated heterocycles. The number of carboxylic acid groups (broad SMARTS) is 1. The first-order chi connectivity index (χ1) is 10.3. The zero-order valence-corrected chi connectivity index (χ0v) is 11.5. The molecule has 9 heteroatoms. The van der Waals surface area contributed by atoms with Crippen LogP contribution in [0.1, 0.15) is 5.56 Å². The number of carbonyl (C=O) groups excluding carboxylic acids is 2. The molecule has 0 aliphatic heterocycles. The van der Waals surface area contributed by atoms with Gasteiger partial charge in [0.2, 0.25) is 18.0 Å².